The van der Waals surface area contributed by atoms with Crippen LogP contribution >= 0.6 is 0 Å². The van der Waals surface area contributed by atoms with Crippen LogP contribution in [0.4, 0.5) is 22.0 Å². The third-order valence-electron chi connectivity index (χ3n) is 5.99. The zero-order valence-corrected chi connectivity index (χ0v) is 19.4. The second kappa shape index (κ2) is 9.63. The van der Waals surface area contributed by atoms with Crippen molar-refractivity contribution in [1.82, 2.24) is 34.2 Å². The van der Waals surface area contributed by atoms with Crippen LogP contribution in [0.2, 0.25) is 0 Å². The van der Waals surface area contributed by atoms with Crippen molar-refractivity contribution in [3.05, 3.63) is 71.6 Å². The Kier molecular flexibility index (Phi) is 6.23. The minimum absolute atomic E-state index is 0.253. The number of anilines is 3. The number of aromatic nitrogens is 6. The van der Waals surface area contributed by atoms with Gasteiger partial charge in [0, 0.05) is 30.2 Å². The molecule has 1 saturated heterocycles. The predicted molar refractivity (Wildman–Crippen MR) is 133 cm³/mol. The van der Waals surface area contributed by atoms with Crippen LogP contribution in [0.5, 0.6) is 0 Å². The topological polar surface area (TPSA) is 106 Å². The van der Waals surface area contributed by atoms with Gasteiger partial charge in [0.15, 0.2) is 11.5 Å². The molecule has 0 aliphatic carbocycles. The molecule has 1 aliphatic heterocycles. The standard InChI is InChI=1S/C24H26FN9O/c1-3-12-33-22(35)19-15-27-24(28-17-6-4-16(25)5-7-17)31-21(19)34(33)20-8-11-26-23(30-20)29-18-9-13-32(2)14-10-18/h3-8,11,15,18H,1,9-10,12-14H2,2H3,(H,26,29,30)(H,27,28,31). The van der Waals surface area contributed by atoms with Crippen molar-refractivity contribution in [3.8, 4) is 5.82 Å². The highest BCUT2D eigenvalue weighted by Crippen LogP contribution is 2.20. The van der Waals surface area contributed by atoms with Gasteiger partial charge in [0.05, 0.1) is 6.54 Å². The van der Waals surface area contributed by atoms with Gasteiger partial charge >= 0.3 is 0 Å². The van der Waals surface area contributed by atoms with E-state index in [0.717, 1.165) is 25.9 Å². The van der Waals surface area contributed by atoms with E-state index < -0.39 is 0 Å². The van der Waals surface area contributed by atoms with Gasteiger partial charge in [0.2, 0.25) is 11.9 Å². The number of benzene rings is 1. The second-order valence-electron chi connectivity index (χ2n) is 8.51. The van der Waals surface area contributed by atoms with Gasteiger partial charge in [-0.2, -0.15) is 9.97 Å². The highest BCUT2D eigenvalue weighted by atomic mass is 19.1. The number of likely N-dealkylation sites (tertiary alicyclic amines) is 1. The van der Waals surface area contributed by atoms with Gasteiger partial charge in [-0.05, 0) is 57.2 Å². The van der Waals surface area contributed by atoms with Gasteiger partial charge in [-0.1, -0.05) is 6.08 Å². The molecule has 0 saturated carbocycles. The molecule has 3 aromatic heterocycles. The van der Waals surface area contributed by atoms with E-state index in [0.29, 0.717) is 28.5 Å². The average molecular weight is 476 g/mol. The highest BCUT2D eigenvalue weighted by molar-refractivity contribution is 5.77. The molecular formula is C24H26FN9O. The fourth-order valence-electron chi connectivity index (χ4n) is 4.14. The number of piperidine rings is 1. The first-order valence-corrected chi connectivity index (χ1v) is 11.4. The minimum atomic E-state index is -0.337. The van der Waals surface area contributed by atoms with Crippen LogP contribution in [0.25, 0.3) is 16.9 Å². The van der Waals surface area contributed by atoms with Crippen LogP contribution in [0.15, 0.2) is 60.2 Å². The van der Waals surface area contributed by atoms with E-state index in [4.69, 9.17) is 4.98 Å². The molecule has 0 unspecified atom stereocenters. The molecule has 0 spiro atoms. The molecule has 180 valence electrons. The zero-order chi connectivity index (χ0) is 24.4. The molecule has 1 fully saturated rings. The Morgan fingerprint density at radius 2 is 1.89 bits per heavy atom. The number of rotatable bonds is 7. The lowest BCUT2D eigenvalue weighted by molar-refractivity contribution is 0.263. The van der Waals surface area contributed by atoms with Crippen LogP contribution in [0, 0.1) is 5.82 Å². The quantitative estimate of drug-likeness (QED) is 0.393. The second-order valence-corrected chi connectivity index (χ2v) is 8.51. The number of nitrogens with one attached hydrogen (secondary N) is 2. The number of fused-ring (bicyclic) bond motifs is 1. The Balaban J connectivity index is 1.53. The first kappa shape index (κ1) is 22.7. The van der Waals surface area contributed by atoms with Crippen molar-refractivity contribution < 1.29 is 4.39 Å². The Morgan fingerprint density at radius 3 is 2.63 bits per heavy atom. The van der Waals surface area contributed by atoms with E-state index in [1.165, 1.54) is 23.0 Å². The molecule has 4 aromatic rings. The monoisotopic (exact) mass is 475 g/mol. The molecule has 0 atom stereocenters. The molecule has 1 aliphatic rings. The van der Waals surface area contributed by atoms with Crippen molar-refractivity contribution in [2.45, 2.75) is 25.4 Å². The highest BCUT2D eigenvalue weighted by Gasteiger charge is 2.20. The molecule has 0 bridgehead atoms. The molecule has 0 amide bonds. The molecule has 11 heteroatoms. The van der Waals surface area contributed by atoms with Gasteiger partial charge in [0.25, 0.3) is 5.56 Å². The summed E-state index contributed by atoms with van der Waals surface area (Å²) in [5.74, 6) is 0.925. The van der Waals surface area contributed by atoms with Gasteiger partial charge in [0.1, 0.15) is 11.2 Å². The molecule has 10 nitrogen and oxygen atoms in total. The number of hydrogen-bond acceptors (Lipinski definition) is 8. The average Bonchev–Trinajstić information content (AvgIpc) is 3.13. The fraction of sp³-hybridized carbons (Fsp3) is 0.292. The molecular weight excluding hydrogens is 449 g/mol. The van der Waals surface area contributed by atoms with E-state index in [1.54, 1.807) is 35.2 Å². The summed E-state index contributed by atoms with van der Waals surface area (Å²) in [4.78, 5) is 33.4. The summed E-state index contributed by atoms with van der Waals surface area (Å²) >= 11 is 0. The number of hydrogen-bond donors (Lipinski definition) is 2. The summed E-state index contributed by atoms with van der Waals surface area (Å²) in [7, 11) is 2.12. The van der Waals surface area contributed by atoms with Crippen molar-refractivity contribution in [2.24, 2.45) is 0 Å². The minimum Gasteiger partial charge on any atom is -0.351 e. The third kappa shape index (κ3) is 4.76. The van der Waals surface area contributed by atoms with Gasteiger partial charge in [-0.25, -0.2) is 23.7 Å². The predicted octanol–water partition coefficient (Wildman–Crippen LogP) is 2.95. The van der Waals surface area contributed by atoms with E-state index in [9.17, 15) is 9.18 Å². The smallest absolute Gasteiger partial charge is 0.278 e. The summed E-state index contributed by atoms with van der Waals surface area (Å²) in [5.41, 5.74) is 0.758. The molecule has 1 aromatic carbocycles. The van der Waals surface area contributed by atoms with Crippen LogP contribution in [-0.4, -0.2) is 60.4 Å². The van der Waals surface area contributed by atoms with Crippen LogP contribution in [0.1, 0.15) is 12.8 Å². The Hall–Kier alpha value is -4.12. The lowest BCUT2D eigenvalue weighted by Gasteiger charge is -2.29. The lowest BCUT2D eigenvalue weighted by Crippen LogP contribution is -2.37. The van der Waals surface area contributed by atoms with Crippen LogP contribution < -0.4 is 16.2 Å². The largest absolute Gasteiger partial charge is 0.351 e. The van der Waals surface area contributed by atoms with Gasteiger partial charge < -0.3 is 15.5 Å². The van der Waals surface area contributed by atoms with Crippen molar-refractivity contribution in [3.63, 3.8) is 0 Å². The van der Waals surface area contributed by atoms with Gasteiger partial charge in [-0.15, -0.1) is 6.58 Å². The summed E-state index contributed by atoms with van der Waals surface area (Å²) in [5, 5.41) is 6.82. The molecule has 2 N–H and O–H groups in total. The third-order valence-corrected chi connectivity index (χ3v) is 5.99. The van der Waals surface area contributed by atoms with Crippen LogP contribution in [0.3, 0.4) is 0 Å². The maximum Gasteiger partial charge on any atom is 0.278 e. The van der Waals surface area contributed by atoms with E-state index >= 15 is 0 Å². The summed E-state index contributed by atoms with van der Waals surface area (Å²) in [6, 6.07) is 7.88. The lowest BCUT2D eigenvalue weighted by atomic mass is 10.1. The molecule has 4 heterocycles. The van der Waals surface area contributed by atoms with E-state index in [1.807, 2.05) is 0 Å². The fourth-order valence-corrected chi connectivity index (χ4v) is 4.14. The molecule has 5 rings (SSSR count). The zero-order valence-electron chi connectivity index (χ0n) is 19.4. The van der Waals surface area contributed by atoms with Crippen molar-refractivity contribution >= 4 is 28.6 Å². The molecule has 35 heavy (non-hydrogen) atoms. The normalized spacial score (nSPS) is 14.8. The first-order chi connectivity index (χ1) is 17.0. The van der Waals surface area contributed by atoms with Crippen molar-refractivity contribution in [1.29, 1.82) is 0 Å². The Morgan fingerprint density at radius 1 is 1.11 bits per heavy atom. The first-order valence-electron chi connectivity index (χ1n) is 11.4. The summed E-state index contributed by atoms with van der Waals surface area (Å²) in [6.07, 6.45) is 6.78. The number of allylic oxidation sites excluding steroid dienone is 1. The van der Waals surface area contributed by atoms with Gasteiger partial charge in [-0.3, -0.25) is 4.79 Å². The Labute approximate surface area is 201 Å². The van der Waals surface area contributed by atoms with E-state index in [2.05, 4.69) is 44.1 Å². The maximum absolute atomic E-state index is 13.3. The maximum atomic E-state index is 13.3. The summed E-state index contributed by atoms with van der Waals surface area (Å²) in [6.45, 7) is 6.07. The van der Waals surface area contributed by atoms with Crippen LogP contribution in [-0.2, 0) is 6.54 Å². The van der Waals surface area contributed by atoms with E-state index in [-0.39, 0.29) is 29.9 Å². The summed E-state index contributed by atoms with van der Waals surface area (Å²) < 4.78 is 16.4. The van der Waals surface area contributed by atoms with Crippen molar-refractivity contribution in [2.75, 3.05) is 30.8 Å². The number of halogens is 1. The number of nitrogens with zero attached hydrogens (tertiary/aromatic N) is 7. The Bertz CT molecular complexity index is 1410. The SMILES string of the molecule is C=CCn1c(=O)c2cnc(Nc3ccc(F)cc3)nc2n1-c1ccnc(NC2CCN(C)CC2)n1. The molecule has 0 radical (unpaired) electrons.